The molecule has 5 heteroatoms. The van der Waals surface area contributed by atoms with Gasteiger partial charge in [-0.3, -0.25) is 0 Å². The van der Waals surface area contributed by atoms with Crippen LogP contribution in [0.2, 0.25) is 0 Å². The third-order valence-corrected chi connectivity index (χ3v) is 2.84. The first-order chi connectivity index (χ1) is 7.74. The SMILES string of the molecule is COc1ncccc1C(O)c1occc1Br. The first-order valence-corrected chi connectivity index (χ1v) is 5.43. The smallest absolute Gasteiger partial charge is 0.219 e. The highest BCUT2D eigenvalue weighted by Crippen LogP contribution is 2.32. The van der Waals surface area contributed by atoms with Crippen LogP contribution in [-0.2, 0) is 0 Å². The zero-order chi connectivity index (χ0) is 11.5. The average Bonchev–Trinajstić information content (AvgIpc) is 2.74. The molecule has 0 bridgehead atoms. The normalized spacial score (nSPS) is 12.4. The first kappa shape index (κ1) is 11.2. The van der Waals surface area contributed by atoms with Crippen LogP contribution in [0.5, 0.6) is 5.88 Å². The lowest BCUT2D eigenvalue weighted by atomic mass is 10.1. The number of halogens is 1. The summed E-state index contributed by atoms with van der Waals surface area (Å²) in [4.78, 5) is 4.02. The maximum Gasteiger partial charge on any atom is 0.219 e. The number of furan rings is 1. The van der Waals surface area contributed by atoms with Crippen molar-refractivity contribution in [1.29, 1.82) is 0 Å². The number of rotatable bonds is 3. The Morgan fingerprint density at radius 1 is 1.50 bits per heavy atom. The molecule has 0 fully saturated rings. The van der Waals surface area contributed by atoms with Crippen LogP contribution >= 0.6 is 15.9 Å². The van der Waals surface area contributed by atoms with Gasteiger partial charge in [0.2, 0.25) is 5.88 Å². The van der Waals surface area contributed by atoms with Crippen LogP contribution in [0.3, 0.4) is 0 Å². The number of methoxy groups -OCH3 is 1. The van der Waals surface area contributed by atoms with Crippen LogP contribution < -0.4 is 4.74 Å². The topological polar surface area (TPSA) is 55.5 Å². The van der Waals surface area contributed by atoms with Gasteiger partial charge in [0.15, 0.2) is 5.76 Å². The Labute approximate surface area is 101 Å². The van der Waals surface area contributed by atoms with Crippen LogP contribution in [0.15, 0.2) is 39.5 Å². The summed E-state index contributed by atoms with van der Waals surface area (Å²) in [7, 11) is 1.51. The highest BCUT2D eigenvalue weighted by Gasteiger charge is 2.21. The van der Waals surface area contributed by atoms with Crippen molar-refractivity contribution >= 4 is 15.9 Å². The van der Waals surface area contributed by atoms with Crippen molar-refractivity contribution in [3.05, 3.63) is 46.5 Å². The molecular weight excluding hydrogens is 274 g/mol. The second-order valence-corrected chi connectivity index (χ2v) is 3.99. The Hall–Kier alpha value is -1.33. The summed E-state index contributed by atoms with van der Waals surface area (Å²) in [6.07, 6.45) is 2.21. The van der Waals surface area contributed by atoms with E-state index in [9.17, 15) is 5.11 Å². The van der Waals surface area contributed by atoms with Crippen molar-refractivity contribution in [2.45, 2.75) is 6.10 Å². The Kier molecular flexibility index (Phi) is 3.26. The minimum Gasteiger partial charge on any atom is -0.481 e. The van der Waals surface area contributed by atoms with Gasteiger partial charge in [-0.1, -0.05) is 0 Å². The predicted octanol–water partition coefficient (Wildman–Crippen LogP) is 2.53. The zero-order valence-corrected chi connectivity index (χ0v) is 10.1. The van der Waals surface area contributed by atoms with E-state index in [0.717, 1.165) is 0 Å². The van der Waals surface area contributed by atoms with Crippen LogP contribution in [0.25, 0.3) is 0 Å². The van der Waals surface area contributed by atoms with E-state index in [1.54, 1.807) is 24.4 Å². The van der Waals surface area contributed by atoms with E-state index < -0.39 is 6.10 Å². The van der Waals surface area contributed by atoms with E-state index in [4.69, 9.17) is 9.15 Å². The van der Waals surface area contributed by atoms with Crippen molar-refractivity contribution in [1.82, 2.24) is 4.98 Å². The summed E-state index contributed by atoms with van der Waals surface area (Å²) < 4.78 is 11.0. The average molecular weight is 284 g/mol. The summed E-state index contributed by atoms with van der Waals surface area (Å²) >= 11 is 3.30. The van der Waals surface area contributed by atoms with E-state index in [2.05, 4.69) is 20.9 Å². The van der Waals surface area contributed by atoms with E-state index >= 15 is 0 Å². The molecule has 0 aromatic carbocycles. The zero-order valence-electron chi connectivity index (χ0n) is 8.55. The molecule has 1 atom stereocenters. The molecule has 2 rings (SSSR count). The second-order valence-electron chi connectivity index (χ2n) is 3.14. The second kappa shape index (κ2) is 4.67. The Balaban J connectivity index is 2.41. The summed E-state index contributed by atoms with van der Waals surface area (Å²) in [5.74, 6) is 0.824. The summed E-state index contributed by atoms with van der Waals surface area (Å²) in [6.45, 7) is 0. The molecule has 1 unspecified atom stereocenters. The lowest BCUT2D eigenvalue weighted by Crippen LogP contribution is -2.03. The molecule has 0 amide bonds. The molecule has 0 saturated carbocycles. The lowest BCUT2D eigenvalue weighted by molar-refractivity contribution is 0.183. The number of hydrogen-bond acceptors (Lipinski definition) is 4. The van der Waals surface area contributed by atoms with Gasteiger partial charge < -0.3 is 14.3 Å². The molecule has 2 heterocycles. The third-order valence-electron chi connectivity index (χ3n) is 2.18. The molecule has 4 nitrogen and oxygen atoms in total. The van der Waals surface area contributed by atoms with Crippen LogP contribution in [0.4, 0.5) is 0 Å². The first-order valence-electron chi connectivity index (χ1n) is 4.64. The molecule has 16 heavy (non-hydrogen) atoms. The largest absolute Gasteiger partial charge is 0.481 e. The van der Waals surface area contributed by atoms with Gasteiger partial charge in [0.05, 0.1) is 23.4 Å². The molecule has 0 radical (unpaired) electrons. The standard InChI is InChI=1S/C11H10BrNO3/c1-15-11-7(3-2-5-13-11)9(14)10-8(12)4-6-16-10/h2-6,9,14H,1H3. The van der Waals surface area contributed by atoms with Gasteiger partial charge in [0, 0.05) is 6.20 Å². The molecule has 0 aliphatic heterocycles. The van der Waals surface area contributed by atoms with E-state index in [1.807, 2.05) is 0 Å². The predicted molar refractivity (Wildman–Crippen MR) is 61.3 cm³/mol. The molecule has 0 spiro atoms. The van der Waals surface area contributed by atoms with Crippen molar-refractivity contribution in [3.63, 3.8) is 0 Å². The van der Waals surface area contributed by atoms with Crippen molar-refractivity contribution in [2.75, 3.05) is 7.11 Å². The fourth-order valence-corrected chi connectivity index (χ4v) is 1.84. The van der Waals surface area contributed by atoms with Crippen molar-refractivity contribution < 1.29 is 14.3 Å². The molecule has 84 valence electrons. The molecule has 1 N–H and O–H groups in total. The van der Waals surface area contributed by atoms with Gasteiger partial charge in [-0.25, -0.2) is 4.98 Å². The minimum absolute atomic E-state index is 0.387. The Bertz CT molecular complexity index is 484. The fraction of sp³-hybridized carbons (Fsp3) is 0.182. The molecule has 2 aromatic rings. The van der Waals surface area contributed by atoms with E-state index in [0.29, 0.717) is 21.7 Å². The van der Waals surface area contributed by atoms with E-state index in [1.165, 1.54) is 13.4 Å². The van der Waals surface area contributed by atoms with Gasteiger partial charge in [-0.15, -0.1) is 0 Å². The van der Waals surface area contributed by atoms with Crippen LogP contribution in [0, 0.1) is 0 Å². The summed E-state index contributed by atoms with van der Waals surface area (Å²) in [6, 6.07) is 5.20. The highest BCUT2D eigenvalue weighted by molar-refractivity contribution is 9.10. The monoisotopic (exact) mass is 283 g/mol. The molecule has 0 aliphatic carbocycles. The number of pyridine rings is 1. The summed E-state index contributed by atoms with van der Waals surface area (Å²) in [5.41, 5.74) is 0.570. The Morgan fingerprint density at radius 2 is 2.31 bits per heavy atom. The van der Waals surface area contributed by atoms with E-state index in [-0.39, 0.29) is 0 Å². The summed E-state index contributed by atoms with van der Waals surface area (Å²) in [5, 5.41) is 10.1. The maximum absolute atomic E-state index is 10.1. The molecule has 0 aliphatic rings. The molecular formula is C11H10BrNO3. The molecule has 0 saturated heterocycles. The minimum atomic E-state index is -0.895. The number of nitrogens with zero attached hydrogens (tertiary/aromatic N) is 1. The van der Waals surface area contributed by atoms with Crippen molar-refractivity contribution in [3.8, 4) is 5.88 Å². The van der Waals surface area contributed by atoms with Gasteiger partial charge >= 0.3 is 0 Å². The number of aliphatic hydroxyl groups excluding tert-OH is 1. The number of aromatic nitrogens is 1. The van der Waals surface area contributed by atoms with Gasteiger partial charge in [0.1, 0.15) is 6.10 Å². The van der Waals surface area contributed by atoms with Gasteiger partial charge in [-0.05, 0) is 34.1 Å². The fourth-order valence-electron chi connectivity index (χ4n) is 1.42. The van der Waals surface area contributed by atoms with Crippen LogP contribution in [-0.4, -0.2) is 17.2 Å². The van der Waals surface area contributed by atoms with Gasteiger partial charge in [0.25, 0.3) is 0 Å². The lowest BCUT2D eigenvalue weighted by Gasteiger charge is -2.11. The van der Waals surface area contributed by atoms with Gasteiger partial charge in [-0.2, -0.15) is 0 Å². The quantitative estimate of drug-likeness (QED) is 0.941. The highest BCUT2D eigenvalue weighted by atomic mass is 79.9. The van der Waals surface area contributed by atoms with Crippen molar-refractivity contribution in [2.24, 2.45) is 0 Å². The Morgan fingerprint density at radius 3 is 2.94 bits per heavy atom. The molecule has 2 aromatic heterocycles. The van der Waals surface area contributed by atoms with Crippen LogP contribution in [0.1, 0.15) is 17.4 Å². The number of hydrogen-bond donors (Lipinski definition) is 1. The number of aliphatic hydroxyl groups is 1. The number of ether oxygens (including phenoxy) is 1. The maximum atomic E-state index is 10.1. The third kappa shape index (κ3) is 1.96.